The van der Waals surface area contributed by atoms with Crippen molar-refractivity contribution in [3.63, 3.8) is 0 Å². The number of carbonyl (C=O) groups is 1. The topological polar surface area (TPSA) is 38.8 Å². The van der Waals surface area contributed by atoms with Gasteiger partial charge in [0.1, 0.15) is 11.5 Å². The molecule has 4 nitrogen and oxygen atoms in total. The van der Waals surface area contributed by atoms with Crippen LogP contribution in [0.25, 0.3) is 0 Å². The molecule has 0 saturated carbocycles. The Morgan fingerprint density at radius 1 is 1.12 bits per heavy atom. The summed E-state index contributed by atoms with van der Waals surface area (Å²) in [5.41, 5.74) is 2.18. The van der Waals surface area contributed by atoms with Crippen LogP contribution < -0.4 is 9.47 Å². The molecular weight excluding hydrogens is 334 g/mol. The number of ether oxygens (including phenoxy) is 2. The van der Waals surface area contributed by atoms with Crippen LogP contribution in [-0.4, -0.2) is 43.9 Å². The molecule has 132 valence electrons. The number of amides is 1. The van der Waals surface area contributed by atoms with Crippen LogP contribution >= 0.6 is 11.8 Å². The van der Waals surface area contributed by atoms with Gasteiger partial charge in [0.15, 0.2) is 0 Å². The summed E-state index contributed by atoms with van der Waals surface area (Å²) in [6, 6.07) is 15.8. The van der Waals surface area contributed by atoms with Gasteiger partial charge in [0.25, 0.3) is 0 Å². The number of para-hydroxylation sites is 1. The van der Waals surface area contributed by atoms with E-state index in [0.717, 1.165) is 35.9 Å². The highest BCUT2D eigenvalue weighted by Gasteiger charge is 2.25. The average molecular weight is 357 g/mol. The smallest absolute Gasteiger partial charge is 0.227 e. The first kappa shape index (κ1) is 17.7. The number of carbonyl (C=O) groups excluding carboxylic acids is 1. The molecule has 2 aromatic rings. The molecule has 1 atom stereocenters. The lowest BCUT2D eigenvalue weighted by Gasteiger charge is -2.33. The number of hydrogen-bond acceptors (Lipinski definition) is 4. The Bertz CT molecular complexity index is 717. The van der Waals surface area contributed by atoms with Gasteiger partial charge in [-0.25, -0.2) is 0 Å². The zero-order valence-corrected chi connectivity index (χ0v) is 15.4. The number of rotatable bonds is 5. The van der Waals surface area contributed by atoms with Crippen LogP contribution in [0.1, 0.15) is 16.4 Å². The van der Waals surface area contributed by atoms with E-state index in [0.29, 0.717) is 11.7 Å². The van der Waals surface area contributed by atoms with Gasteiger partial charge in [-0.05, 0) is 23.8 Å². The second-order valence-electron chi connectivity index (χ2n) is 5.96. The molecule has 0 aliphatic carbocycles. The van der Waals surface area contributed by atoms with Crippen LogP contribution in [0.5, 0.6) is 11.5 Å². The molecule has 0 spiro atoms. The number of benzene rings is 2. The first-order valence-corrected chi connectivity index (χ1v) is 9.41. The fourth-order valence-electron chi connectivity index (χ4n) is 3.02. The Kier molecular flexibility index (Phi) is 5.87. The van der Waals surface area contributed by atoms with Crippen LogP contribution in [0.15, 0.2) is 48.5 Å². The summed E-state index contributed by atoms with van der Waals surface area (Å²) in [5.74, 6) is 2.74. The largest absolute Gasteiger partial charge is 0.497 e. The maximum absolute atomic E-state index is 12.8. The van der Waals surface area contributed by atoms with Crippen molar-refractivity contribution in [2.24, 2.45) is 0 Å². The van der Waals surface area contributed by atoms with E-state index in [9.17, 15) is 4.79 Å². The third kappa shape index (κ3) is 4.28. The Morgan fingerprint density at radius 3 is 2.60 bits per heavy atom. The summed E-state index contributed by atoms with van der Waals surface area (Å²) in [7, 11) is 3.31. The van der Waals surface area contributed by atoms with Gasteiger partial charge < -0.3 is 14.4 Å². The van der Waals surface area contributed by atoms with Crippen molar-refractivity contribution in [2.75, 3.05) is 33.1 Å². The molecule has 25 heavy (non-hydrogen) atoms. The summed E-state index contributed by atoms with van der Waals surface area (Å²) in [5, 5.41) is 0.307. The Balaban J connectivity index is 1.66. The van der Waals surface area contributed by atoms with Crippen molar-refractivity contribution < 1.29 is 14.3 Å². The minimum Gasteiger partial charge on any atom is -0.497 e. The van der Waals surface area contributed by atoms with E-state index in [-0.39, 0.29) is 5.91 Å². The molecule has 1 unspecified atom stereocenters. The van der Waals surface area contributed by atoms with E-state index < -0.39 is 0 Å². The first-order valence-electron chi connectivity index (χ1n) is 8.36. The third-order valence-electron chi connectivity index (χ3n) is 4.44. The molecule has 1 amide bonds. The number of hydrogen-bond donors (Lipinski definition) is 0. The molecule has 1 heterocycles. The van der Waals surface area contributed by atoms with Crippen molar-refractivity contribution >= 4 is 17.7 Å². The molecule has 0 bridgehead atoms. The van der Waals surface area contributed by atoms with E-state index in [1.54, 1.807) is 14.2 Å². The highest BCUT2D eigenvalue weighted by Crippen LogP contribution is 2.34. The summed E-state index contributed by atoms with van der Waals surface area (Å²) in [6.07, 6.45) is 0.379. The van der Waals surface area contributed by atoms with Crippen molar-refractivity contribution in [3.05, 3.63) is 59.7 Å². The molecule has 1 aliphatic rings. The number of methoxy groups -OCH3 is 2. The van der Waals surface area contributed by atoms with Gasteiger partial charge >= 0.3 is 0 Å². The lowest BCUT2D eigenvalue weighted by Crippen LogP contribution is -2.40. The zero-order chi connectivity index (χ0) is 17.6. The van der Waals surface area contributed by atoms with Gasteiger partial charge in [0.05, 0.1) is 20.6 Å². The second kappa shape index (κ2) is 8.30. The minimum absolute atomic E-state index is 0.156. The molecule has 0 radical (unpaired) electrons. The van der Waals surface area contributed by atoms with Crippen molar-refractivity contribution in [3.8, 4) is 11.5 Å². The van der Waals surface area contributed by atoms with Crippen molar-refractivity contribution in [2.45, 2.75) is 11.7 Å². The maximum atomic E-state index is 12.8. The minimum atomic E-state index is 0.156. The predicted octanol–water partition coefficient (Wildman–Crippen LogP) is 3.56. The zero-order valence-electron chi connectivity index (χ0n) is 14.6. The van der Waals surface area contributed by atoms with E-state index in [1.165, 1.54) is 5.56 Å². The fourth-order valence-corrected chi connectivity index (χ4v) is 4.27. The van der Waals surface area contributed by atoms with E-state index in [1.807, 2.05) is 53.1 Å². The van der Waals surface area contributed by atoms with Crippen molar-refractivity contribution in [1.29, 1.82) is 0 Å². The van der Waals surface area contributed by atoms with Gasteiger partial charge in [-0.15, -0.1) is 0 Å². The number of thioether (sulfide) groups is 1. The van der Waals surface area contributed by atoms with Gasteiger partial charge in [-0.1, -0.05) is 30.3 Å². The van der Waals surface area contributed by atoms with Gasteiger partial charge in [0.2, 0.25) is 5.91 Å². The van der Waals surface area contributed by atoms with E-state index >= 15 is 0 Å². The Hall–Kier alpha value is -2.14. The van der Waals surface area contributed by atoms with Crippen LogP contribution in [-0.2, 0) is 11.2 Å². The van der Waals surface area contributed by atoms with Crippen LogP contribution in [0, 0.1) is 0 Å². The standard InChI is InChI=1S/C20H23NO3S/c1-23-17-9-7-15(8-10-17)19-14-21(11-12-25-19)20(22)13-16-5-3-4-6-18(16)24-2/h3-10,19H,11-14H2,1-2H3. The maximum Gasteiger partial charge on any atom is 0.227 e. The predicted molar refractivity (Wildman–Crippen MR) is 101 cm³/mol. The van der Waals surface area contributed by atoms with Crippen LogP contribution in [0.3, 0.4) is 0 Å². The Labute approximate surface area is 153 Å². The first-order chi connectivity index (χ1) is 12.2. The quantitative estimate of drug-likeness (QED) is 0.820. The monoisotopic (exact) mass is 357 g/mol. The van der Waals surface area contributed by atoms with Gasteiger partial charge in [0, 0.05) is 29.7 Å². The van der Waals surface area contributed by atoms with E-state index in [4.69, 9.17) is 9.47 Å². The molecule has 3 rings (SSSR count). The highest BCUT2D eigenvalue weighted by molar-refractivity contribution is 7.99. The molecule has 1 aliphatic heterocycles. The Morgan fingerprint density at radius 2 is 1.88 bits per heavy atom. The summed E-state index contributed by atoms with van der Waals surface area (Å²) < 4.78 is 10.6. The highest BCUT2D eigenvalue weighted by atomic mass is 32.2. The average Bonchev–Trinajstić information content (AvgIpc) is 2.68. The summed E-state index contributed by atoms with van der Waals surface area (Å²) >= 11 is 1.91. The molecule has 2 aromatic carbocycles. The van der Waals surface area contributed by atoms with Crippen LogP contribution in [0.4, 0.5) is 0 Å². The van der Waals surface area contributed by atoms with Crippen molar-refractivity contribution in [1.82, 2.24) is 4.90 Å². The number of nitrogens with zero attached hydrogens (tertiary/aromatic N) is 1. The van der Waals surface area contributed by atoms with Gasteiger partial charge in [-0.3, -0.25) is 4.79 Å². The van der Waals surface area contributed by atoms with Crippen LogP contribution in [0.2, 0.25) is 0 Å². The van der Waals surface area contributed by atoms with Gasteiger partial charge in [-0.2, -0.15) is 11.8 Å². The molecular formula is C20H23NO3S. The molecule has 1 fully saturated rings. The molecule has 0 N–H and O–H groups in total. The summed E-state index contributed by atoms with van der Waals surface area (Å²) in [4.78, 5) is 14.7. The lowest BCUT2D eigenvalue weighted by molar-refractivity contribution is -0.130. The SMILES string of the molecule is COc1ccc(C2CN(C(=O)Cc3ccccc3OC)CCS2)cc1. The molecule has 5 heteroatoms. The fraction of sp³-hybridized carbons (Fsp3) is 0.350. The third-order valence-corrected chi connectivity index (χ3v) is 5.68. The summed E-state index contributed by atoms with van der Waals surface area (Å²) in [6.45, 7) is 1.54. The second-order valence-corrected chi connectivity index (χ2v) is 7.27. The molecule has 0 aromatic heterocycles. The normalized spacial score (nSPS) is 17.2. The lowest BCUT2D eigenvalue weighted by atomic mass is 10.1. The van der Waals surface area contributed by atoms with E-state index in [2.05, 4.69) is 12.1 Å². The molecule has 1 saturated heterocycles.